The van der Waals surface area contributed by atoms with E-state index in [1.165, 1.54) is 64.0 Å². The van der Waals surface area contributed by atoms with Gasteiger partial charge in [0.1, 0.15) is 0 Å². The number of rotatable bonds is 5. The zero-order valence-electron chi connectivity index (χ0n) is 17.8. The van der Waals surface area contributed by atoms with E-state index in [-0.39, 0.29) is 5.41 Å². The Labute approximate surface area is 170 Å². The summed E-state index contributed by atoms with van der Waals surface area (Å²) in [6.45, 7) is 9.13. The molecule has 0 fully saturated rings. The molecule has 144 valence electrons. The minimum absolute atomic E-state index is 0.0392. The molecule has 0 atom stereocenters. The molecule has 0 aliphatic heterocycles. The van der Waals surface area contributed by atoms with Gasteiger partial charge >= 0.3 is 0 Å². The molecule has 0 N–H and O–H groups in total. The summed E-state index contributed by atoms with van der Waals surface area (Å²) in [5.41, 5.74) is 10.9. The molecule has 1 nitrogen and oxygen atoms in total. The lowest BCUT2D eigenvalue weighted by atomic mass is 9.82. The third-order valence-corrected chi connectivity index (χ3v) is 6.35. The van der Waals surface area contributed by atoms with Crippen molar-refractivity contribution in [3.63, 3.8) is 0 Å². The highest BCUT2D eigenvalue weighted by molar-refractivity contribution is 5.83. The van der Waals surface area contributed by atoms with Crippen LogP contribution in [0.25, 0.3) is 11.1 Å². The van der Waals surface area contributed by atoms with Gasteiger partial charge in [-0.2, -0.15) is 0 Å². The predicted octanol–water partition coefficient (Wildman–Crippen LogP) is 7.41. The molecule has 3 aromatic rings. The van der Waals surface area contributed by atoms with E-state index in [4.69, 9.17) is 0 Å². The third kappa shape index (κ3) is 3.13. The highest BCUT2D eigenvalue weighted by Crippen LogP contribution is 2.50. The zero-order valence-corrected chi connectivity index (χ0v) is 17.8. The van der Waals surface area contributed by atoms with Crippen LogP contribution >= 0.6 is 0 Å². The smallest absolute Gasteiger partial charge is 0.0411 e. The maximum Gasteiger partial charge on any atom is 0.0411 e. The Kier molecular flexibility index (Phi) is 4.79. The van der Waals surface area contributed by atoms with Gasteiger partial charge in [0.15, 0.2) is 0 Å². The van der Waals surface area contributed by atoms with E-state index in [1.54, 1.807) is 0 Å². The van der Waals surface area contributed by atoms with Gasteiger partial charge in [-0.1, -0.05) is 69.2 Å². The lowest BCUT2D eigenvalue weighted by Gasteiger charge is -2.25. The first-order valence-corrected chi connectivity index (χ1v) is 10.5. The molecule has 1 aliphatic carbocycles. The Morgan fingerprint density at radius 1 is 0.786 bits per heavy atom. The Morgan fingerprint density at radius 2 is 1.39 bits per heavy atom. The SMILES string of the molecule is CCCCc1ccc(N(C)c2ccc3c(c2)C(C)(C)c2cc(C)ccc2-3)cc1. The number of benzene rings is 3. The highest BCUT2D eigenvalue weighted by Gasteiger charge is 2.35. The first kappa shape index (κ1) is 18.8. The molecule has 4 rings (SSSR count). The first-order valence-electron chi connectivity index (χ1n) is 10.5. The molecule has 0 unspecified atom stereocenters. The van der Waals surface area contributed by atoms with Crippen molar-refractivity contribution in [2.75, 3.05) is 11.9 Å². The van der Waals surface area contributed by atoms with Crippen LogP contribution in [0.5, 0.6) is 0 Å². The van der Waals surface area contributed by atoms with E-state index >= 15 is 0 Å². The molecule has 0 amide bonds. The maximum absolute atomic E-state index is 2.38. The average Bonchev–Trinajstić information content (AvgIpc) is 2.93. The summed E-state index contributed by atoms with van der Waals surface area (Å²) in [5, 5.41) is 0. The van der Waals surface area contributed by atoms with Crippen molar-refractivity contribution in [1.29, 1.82) is 0 Å². The number of anilines is 2. The van der Waals surface area contributed by atoms with Crippen molar-refractivity contribution in [2.24, 2.45) is 0 Å². The summed E-state index contributed by atoms with van der Waals surface area (Å²) in [4.78, 5) is 2.30. The fourth-order valence-electron chi connectivity index (χ4n) is 4.46. The van der Waals surface area contributed by atoms with Crippen molar-refractivity contribution >= 4 is 11.4 Å². The van der Waals surface area contributed by atoms with Crippen LogP contribution in [0, 0.1) is 6.92 Å². The minimum atomic E-state index is 0.0392. The lowest BCUT2D eigenvalue weighted by Crippen LogP contribution is -2.16. The maximum atomic E-state index is 2.38. The Balaban J connectivity index is 1.67. The summed E-state index contributed by atoms with van der Waals surface area (Å²) in [7, 11) is 2.17. The Hall–Kier alpha value is -2.54. The van der Waals surface area contributed by atoms with Gasteiger partial charge in [-0.05, 0) is 71.8 Å². The monoisotopic (exact) mass is 369 g/mol. The van der Waals surface area contributed by atoms with Gasteiger partial charge in [0.2, 0.25) is 0 Å². The molecule has 28 heavy (non-hydrogen) atoms. The molecule has 0 aromatic heterocycles. The molecule has 0 spiro atoms. The lowest BCUT2D eigenvalue weighted by molar-refractivity contribution is 0.660. The molecule has 0 saturated heterocycles. The standard InChI is InChI=1S/C27H31N/c1-6-7-8-20-10-12-21(13-11-20)28(5)22-14-16-24-23-15-9-19(2)17-25(23)27(3,4)26(24)18-22/h9-18H,6-8H2,1-5H3. The second-order valence-corrected chi connectivity index (χ2v) is 8.73. The third-order valence-electron chi connectivity index (χ3n) is 6.35. The number of hydrogen-bond donors (Lipinski definition) is 0. The molecule has 1 heteroatoms. The summed E-state index contributed by atoms with van der Waals surface area (Å²) in [6, 6.07) is 22.9. The van der Waals surface area contributed by atoms with E-state index in [0.717, 1.165) is 0 Å². The summed E-state index contributed by atoms with van der Waals surface area (Å²) in [6.07, 6.45) is 3.68. The van der Waals surface area contributed by atoms with Crippen molar-refractivity contribution in [3.8, 4) is 11.1 Å². The number of fused-ring (bicyclic) bond motifs is 3. The van der Waals surface area contributed by atoms with Gasteiger partial charge in [-0.15, -0.1) is 0 Å². The van der Waals surface area contributed by atoms with E-state index in [9.17, 15) is 0 Å². The first-order chi connectivity index (χ1) is 13.4. The molecular formula is C27H31N. The average molecular weight is 370 g/mol. The number of nitrogens with zero attached hydrogens (tertiary/aromatic N) is 1. The van der Waals surface area contributed by atoms with Gasteiger partial charge < -0.3 is 4.90 Å². The fourth-order valence-corrected chi connectivity index (χ4v) is 4.46. The van der Waals surface area contributed by atoms with Gasteiger partial charge in [0, 0.05) is 23.8 Å². The highest BCUT2D eigenvalue weighted by atomic mass is 15.1. The van der Waals surface area contributed by atoms with Crippen molar-refractivity contribution in [3.05, 3.63) is 82.9 Å². The van der Waals surface area contributed by atoms with Gasteiger partial charge in [-0.25, -0.2) is 0 Å². The Bertz CT molecular complexity index is 995. The number of unbranched alkanes of at least 4 members (excludes halogenated alkanes) is 1. The van der Waals surface area contributed by atoms with Crippen LogP contribution in [-0.2, 0) is 11.8 Å². The predicted molar refractivity (Wildman–Crippen MR) is 122 cm³/mol. The molecule has 1 aliphatic rings. The van der Waals surface area contributed by atoms with Crippen LogP contribution in [0.2, 0.25) is 0 Å². The second kappa shape index (κ2) is 7.13. The summed E-state index contributed by atoms with van der Waals surface area (Å²) >= 11 is 0. The molecule has 0 radical (unpaired) electrons. The van der Waals surface area contributed by atoms with Crippen LogP contribution in [0.3, 0.4) is 0 Å². The van der Waals surface area contributed by atoms with Crippen LogP contribution in [0.1, 0.15) is 55.9 Å². The van der Waals surface area contributed by atoms with Crippen LogP contribution < -0.4 is 4.90 Å². The van der Waals surface area contributed by atoms with Crippen molar-refractivity contribution in [2.45, 2.75) is 52.4 Å². The van der Waals surface area contributed by atoms with Crippen LogP contribution in [0.15, 0.2) is 60.7 Å². The molecular weight excluding hydrogens is 338 g/mol. The second-order valence-electron chi connectivity index (χ2n) is 8.73. The summed E-state index contributed by atoms with van der Waals surface area (Å²) in [5.74, 6) is 0. The van der Waals surface area contributed by atoms with E-state index in [2.05, 4.69) is 100 Å². The van der Waals surface area contributed by atoms with E-state index in [0.29, 0.717) is 0 Å². The van der Waals surface area contributed by atoms with Gasteiger partial charge in [-0.3, -0.25) is 0 Å². The quantitative estimate of drug-likeness (QED) is 0.452. The van der Waals surface area contributed by atoms with Gasteiger partial charge in [0.25, 0.3) is 0 Å². The topological polar surface area (TPSA) is 3.24 Å². The number of aryl methyl sites for hydroxylation is 2. The fraction of sp³-hybridized carbons (Fsp3) is 0.333. The van der Waals surface area contributed by atoms with E-state index in [1.807, 2.05) is 0 Å². The molecule has 0 bridgehead atoms. The largest absolute Gasteiger partial charge is 0.345 e. The molecule has 0 saturated carbocycles. The molecule has 0 heterocycles. The normalized spacial score (nSPS) is 13.9. The summed E-state index contributed by atoms with van der Waals surface area (Å²) < 4.78 is 0. The van der Waals surface area contributed by atoms with E-state index < -0.39 is 0 Å². The van der Waals surface area contributed by atoms with Gasteiger partial charge in [0.05, 0.1) is 0 Å². The van der Waals surface area contributed by atoms with Crippen molar-refractivity contribution in [1.82, 2.24) is 0 Å². The van der Waals surface area contributed by atoms with Crippen LogP contribution in [-0.4, -0.2) is 7.05 Å². The van der Waals surface area contributed by atoms with Crippen molar-refractivity contribution < 1.29 is 0 Å². The molecule has 3 aromatic carbocycles. The zero-order chi connectivity index (χ0) is 19.9. The number of hydrogen-bond acceptors (Lipinski definition) is 1. The Morgan fingerprint density at radius 3 is 2.07 bits per heavy atom. The minimum Gasteiger partial charge on any atom is -0.345 e. The van der Waals surface area contributed by atoms with Crippen LogP contribution in [0.4, 0.5) is 11.4 Å².